The number of carbonyl (C=O) groups is 1. The molecule has 0 fully saturated rings. The monoisotopic (exact) mass is 355 g/mol. The number of oxazole rings is 1. The topological polar surface area (TPSA) is 95.1 Å². The van der Waals surface area contributed by atoms with Gasteiger partial charge in [0.1, 0.15) is 17.7 Å². The lowest BCUT2D eigenvalue weighted by Gasteiger charge is -2.03. The van der Waals surface area contributed by atoms with Crippen molar-refractivity contribution in [2.75, 3.05) is 7.11 Å². The molecule has 0 radical (unpaired) electrons. The highest BCUT2D eigenvalue weighted by Crippen LogP contribution is 2.12. The fourth-order valence-electron chi connectivity index (χ4n) is 2.42. The molecular formula is C18H21N5O3. The van der Waals surface area contributed by atoms with Gasteiger partial charge in [0.15, 0.2) is 11.6 Å². The second-order valence-corrected chi connectivity index (χ2v) is 5.81. The molecule has 0 unspecified atom stereocenters. The van der Waals surface area contributed by atoms with Crippen LogP contribution in [0.25, 0.3) is 0 Å². The molecule has 136 valence electrons. The normalized spacial score (nSPS) is 10.7. The van der Waals surface area contributed by atoms with Gasteiger partial charge in [0.25, 0.3) is 5.91 Å². The molecule has 3 rings (SSSR count). The maximum atomic E-state index is 12.1. The Balaban J connectivity index is 1.53. The van der Waals surface area contributed by atoms with Crippen LogP contribution in [-0.4, -0.2) is 33.0 Å². The number of rotatable bonds is 8. The predicted octanol–water partition coefficient (Wildman–Crippen LogP) is 2.21. The molecule has 0 atom stereocenters. The maximum absolute atomic E-state index is 12.1. The van der Waals surface area contributed by atoms with Crippen LogP contribution in [0.15, 0.2) is 41.1 Å². The first-order chi connectivity index (χ1) is 12.7. The first-order valence-electron chi connectivity index (χ1n) is 8.42. The van der Waals surface area contributed by atoms with Gasteiger partial charge in [0, 0.05) is 6.42 Å². The number of hydrogen-bond donors (Lipinski definition) is 1. The summed E-state index contributed by atoms with van der Waals surface area (Å²) in [5.74, 6) is 1.09. The Morgan fingerprint density at radius 3 is 2.85 bits per heavy atom. The largest absolute Gasteiger partial charge is 0.497 e. The van der Waals surface area contributed by atoms with Gasteiger partial charge in [-0.05, 0) is 24.1 Å². The van der Waals surface area contributed by atoms with Gasteiger partial charge in [-0.1, -0.05) is 24.3 Å². The van der Waals surface area contributed by atoms with Crippen molar-refractivity contribution in [3.05, 3.63) is 59.6 Å². The van der Waals surface area contributed by atoms with Crippen LogP contribution in [0, 0.1) is 0 Å². The van der Waals surface area contributed by atoms with Crippen LogP contribution in [0.4, 0.5) is 0 Å². The third-order valence-electron chi connectivity index (χ3n) is 3.77. The molecule has 0 bridgehead atoms. The van der Waals surface area contributed by atoms with E-state index in [4.69, 9.17) is 9.15 Å². The van der Waals surface area contributed by atoms with Crippen molar-refractivity contribution in [3.8, 4) is 5.75 Å². The van der Waals surface area contributed by atoms with E-state index >= 15 is 0 Å². The average Bonchev–Trinajstić information content (AvgIpc) is 3.30. The summed E-state index contributed by atoms with van der Waals surface area (Å²) in [6.07, 6.45) is 4.81. The number of ether oxygens (including phenoxy) is 1. The number of hydrogen-bond acceptors (Lipinski definition) is 6. The molecule has 1 amide bonds. The van der Waals surface area contributed by atoms with E-state index in [2.05, 4.69) is 20.6 Å². The second-order valence-electron chi connectivity index (χ2n) is 5.81. The third-order valence-corrected chi connectivity index (χ3v) is 3.77. The van der Waals surface area contributed by atoms with Gasteiger partial charge in [-0.15, -0.1) is 5.10 Å². The van der Waals surface area contributed by atoms with E-state index < -0.39 is 0 Å². The van der Waals surface area contributed by atoms with Crippen molar-refractivity contribution in [2.45, 2.75) is 32.9 Å². The fourth-order valence-corrected chi connectivity index (χ4v) is 2.42. The van der Waals surface area contributed by atoms with Crippen LogP contribution < -0.4 is 10.1 Å². The molecule has 1 aromatic carbocycles. The summed E-state index contributed by atoms with van der Waals surface area (Å²) < 4.78 is 12.1. The Morgan fingerprint density at radius 1 is 1.31 bits per heavy atom. The average molecular weight is 355 g/mol. The van der Waals surface area contributed by atoms with E-state index in [-0.39, 0.29) is 18.1 Å². The Bertz CT molecular complexity index is 854. The minimum absolute atomic E-state index is 0.275. The van der Waals surface area contributed by atoms with Crippen molar-refractivity contribution < 1.29 is 13.9 Å². The first kappa shape index (κ1) is 17.7. The van der Waals surface area contributed by atoms with E-state index in [0.29, 0.717) is 24.6 Å². The highest BCUT2D eigenvalue weighted by Gasteiger charge is 2.12. The molecule has 2 aromatic heterocycles. The molecule has 8 heteroatoms. The van der Waals surface area contributed by atoms with Crippen molar-refractivity contribution in [3.63, 3.8) is 0 Å². The summed E-state index contributed by atoms with van der Waals surface area (Å²) >= 11 is 0. The number of benzene rings is 1. The Labute approximate surface area is 151 Å². The summed E-state index contributed by atoms with van der Waals surface area (Å²) in [7, 11) is 1.64. The lowest BCUT2D eigenvalue weighted by atomic mass is 10.2. The summed E-state index contributed by atoms with van der Waals surface area (Å²) in [6, 6.07) is 7.75. The number of carbonyl (C=O) groups excluding carboxylic acids is 1. The zero-order valence-corrected chi connectivity index (χ0v) is 14.8. The summed E-state index contributed by atoms with van der Waals surface area (Å²) in [5, 5.41) is 10.9. The number of aromatic nitrogens is 4. The van der Waals surface area contributed by atoms with Crippen molar-refractivity contribution in [1.29, 1.82) is 0 Å². The highest BCUT2D eigenvalue weighted by molar-refractivity contribution is 5.91. The van der Waals surface area contributed by atoms with Crippen LogP contribution >= 0.6 is 0 Å². The smallest absolute Gasteiger partial charge is 0.273 e. The number of nitrogens with zero attached hydrogens (tertiary/aromatic N) is 4. The zero-order chi connectivity index (χ0) is 18.4. The molecular weight excluding hydrogens is 334 g/mol. The van der Waals surface area contributed by atoms with E-state index in [0.717, 1.165) is 17.7 Å². The van der Waals surface area contributed by atoms with Gasteiger partial charge in [0.05, 0.1) is 26.4 Å². The van der Waals surface area contributed by atoms with Crippen LogP contribution in [0.2, 0.25) is 0 Å². The Hall–Kier alpha value is -3.16. The minimum atomic E-state index is -0.291. The molecule has 2 heterocycles. The summed E-state index contributed by atoms with van der Waals surface area (Å²) in [6.45, 7) is 2.89. The van der Waals surface area contributed by atoms with Crippen LogP contribution in [0.1, 0.15) is 41.0 Å². The van der Waals surface area contributed by atoms with Gasteiger partial charge < -0.3 is 14.5 Å². The van der Waals surface area contributed by atoms with Crippen molar-refractivity contribution in [2.24, 2.45) is 0 Å². The lowest BCUT2D eigenvalue weighted by Crippen LogP contribution is -2.23. The first-order valence-corrected chi connectivity index (χ1v) is 8.42. The minimum Gasteiger partial charge on any atom is -0.497 e. The van der Waals surface area contributed by atoms with Gasteiger partial charge in [-0.2, -0.15) is 0 Å². The molecule has 0 spiro atoms. The molecule has 0 aliphatic heterocycles. The number of methoxy groups -OCH3 is 1. The fraction of sp³-hybridized carbons (Fsp3) is 0.333. The molecule has 0 aliphatic carbocycles. The molecule has 26 heavy (non-hydrogen) atoms. The number of aryl methyl sites for hydroxylation is 1. The molecule has 0 saturated carbocycles. The van der Waals surface area contributed by atoms with E-state index in [1.165, 1.54) is 6.26 Å². The number of amides is 1. The van der Waals surface area contributed by atoms with Gasteiger partial charge >= 0.3 is 0 Å². The van der Waals surface area contributed by atoms with Crippen LogP contribution in [0.5, 0.6) is 5.75 Å². The molecule has 1 N–H and O–H groups in total. The molecule has 8 nitrogen and oxygen atoms in total. The van der Waals surface area contributed by atoms with Crippen LogP contribution in [-0.2, 0) is 19.5 Å². The summed E-state index contributed by atoms with van der Waals surface area (Å²) in [5.41, 5.74) is 2.03. The number of nitrogens with one attached hydrogen (secondary N) is 1. The van der Waals surface area contributed by atoms with Gasteiger partial charge in [0.2, 0.25) is 0 Å². The van der Waals surface area contributed by atoms with E-state index in [1.807, 2.05) is 31.2 Å². The maximum Gasteiger partial charge on any atom is 0.273 e. The molecule has 3 aromatic rings. The van der Waals surface area contributed by atoms with Gasteiger partial charge in [-0.25, -0.2) is 9.67 Å². The zero-order valence-electron chi connectivity index (χ0n) is 14.8. The predicted molar refractivity (Wildman–Crippen MR) is 93.8 cm³/mol. The summed E-state index contributed by atoms with van der Waals surface area (Å²) in [4.78, 5) is 16.3. The molecule has 0 aliphatic rings. The molecule has 0 saturated heterocycles. The van der Waals surface area contributed by atoms with Crippen LogP contribution in [0.3, 0.4) is 0 Å². The van der Waals surface area contributed by atoms with Gasteiger partial charge in [-0.3, -0.25) is 4.79 Å². The van der Waals surface area contributed by atoms with Crippen molar-refractivity contribution >= 4 is 5.91 Å². The van der Waals surface area contributed by atoms with E-state index in [1.54, 1.807) is 18.0 Å². The van der Waals surface area contributed by atoms with E-state index in [9.17, 15) is 4.79 Å². The highest BCUT2D eigenvalue weighted by atomic mass is 16.5. The Kier molecular flexibility index (Phi) is 5.62. The standard InChI is InChI=1S/C18H21N5O3/c1-3-4-17-20-16(12-26-17)18(24)19-9-14-11-23(22-21-14)10-13-5-7-15(25-2)8-6-13/h5-8,11-12H,3-4,9-10H2,1-2H3,(H,19,24). The quantitative estimate of drug-likeness (QED) is 0.666. The van der Waals surface area contributed by atoms with Crippen molar-refractivity contribution in [1.82, 2.24) is 25.3 Å². The Morgan fingerprint density at radius 2 is 2.12 bits per heavy atom. The second kappa shape index (κ2) is 8.28. The third kappa shape index (κ3) is 4.47. The lowest BCUT2D eigenvalue weighted by molar-refractivity contribution is 0.0945. The SMILES string of the molecule is CCCc1nc(C(=O)NCc2cn(Cc3ccc(OC)cc3)nn2)co1.